The molecule has 0 spiro atoms. The van der Waals surface area contributed by atoms with E-state index in [9.17, 15) is 9.59 Å². The van der Waals surface area contributed by atoms with E-state index in [0.29, 0.717) is 12.2 Å². The second-order valence-corrected chi connectivity index (χ2v) is 7.42. The molecule has 1 fully saturated rings. The Kier molecular flexibility index (Phi) is 5.53. The van der Waals surface area contributed by atoms with E-state index < -0.39 is 11.8 Å². The first kappa shape index (κ1) is 17.7. The van der Waals surface area contributed by atoms with Gasteiger partial charge in [0.1, 0.15) is 0 Å². The highest BCUT2D eigenvalue weighted by Crippen LogP contribution is 2.40. The topological polar surface area (TPSA) is 58.2 Å². The fourth-order valence-electron chi connectivity index (χ4n) is 3.49. The average molecular weight is 401 g/mol. The molecule has 3 rings (SSSR count). The quantitative estimate of drug-likeness (QED) is 0.761. The van der Waals surface area contributed by atoms with Crippen molar-refractivity contribution in [2.24, 2.45) is 0 Å². The molecule has 0 saturated heterocycles. The SMILES string of the molecule is O=C(NCC1(c2ccccc2)CCCC1)C(=O)Nc1cccc(Br)c1. The largest absolute Gasteiger partial charge is 0.347 e. The molecule has 2 N–H and O–H groups in total. The summed E-state index contributed by atoms with van der Waals surface area (Å²) >= 11 is 3.35. The van der Waals surface area contributed by atoms with E-state index in [-0.39, 0.29) is 5.41 Å². The molecule has 0 aliphatic heterocycles. The number of anilines is 1. The number of benzene rings is 2. The summed E-state index contributed by atoms with van der Waals surface area (Å²) in [6, 6.07) is 17.4. The van der Waals surface area contributed by atoms with Crippen molar-refractivity contribution in [2.45, 2.75) is 31.1 Å². The van der Waals surface area contributed by atoms with E-state index in [2.05, 4.69) is 38.7 Å². The Labute approximate surface area is 156 Å². The molecule has 130 valence electrons. The molecule has 0 bridgehead atoms. The van der Waals surface area contributed by atoms with Crippen LogP contribution >= 0.6 is 15.9 Å². The second kappa shape index (κ2) is 7.83. The highest BCUT2D eigenvalue weighted by Gasteiger charge is 2.36. The summed E-state index contributed by atoms with van der Waals surface area (Å²) < 4.78 is 0.847. The highest BCUT2D eigenvalue weighted by molar-refractivity contribution is 9.10. The van der Waals surface area contributed by atoms with Gasteiger partial charge in [0.2, 0.25) is 0 Å². The number of amides is 2. The summed E-state index contributed by atoms with van der Waals surface area (Å²) in [6.45, 7) is 0.488. The molecule has 25 heavy (non-hydrogen) atoms. The van der Waals surface area contributed by atoms with Gasteiger partial charge < -0.3 is 10.6 Å². The molecule has 0 heterocycles. The first-order chi connectivity index (χ1) is 12.1. The van der Waals surface area contributed by atoms with E-state index >= 15 is 0 Å². The first-order valence-electron chi connectivity index (χ1n) is 8.49. The van der Waals surface area contributed by atoms with Crippen LogP contribution < -0.4 is 10.6 Å². The van der Waals surface area contributed by atoms with Crippen LogP contribution in [-0.4, -0.2) is 18.4 Å². The summed E-state index contributed by atoms with van der Waals surface area (Å²) in [6.07, 6.45) is 4.36. The Hall–Kier alpha value is -2.14. The van der Waals surface area contributed by atoms with Crippen LogP contribution in [0.1, 0.15) is 31.2 Å². The Bertz CT molecular complexity index is 755. The second-order valence-electron chi connectivity index (χ2n) is 6.50. The number of hydrogen-bond acceptors (Lipinski definition) is 2. The van der Waals surface area contributed by atoms with Crippen molar-refractivity contribution in [1.82, 2.24) is 5.32 Å². The lowest BCUT2D eigenvalue weighted by atomic mass is 9.79. The van der Waals surface area contributed by atoms with Gasteiger partial charge in [-0.2, -0.15) is 0 Å². The van der Waals surface area contributed by atoms with Gasteiger partial charge >= 0.3 is 11.8 Å². The third kappa shape index (κ3) is 4.28. The zero-order valence-corrected chi connectivity index (χ0v) is 15.5. The number of carbonyl (C=O) groups is 2. The number of rotatable bonds is 4. The Morgan fingerprint density at radius 1 is 0.960 bits per heavy atom. The Balaban J connectivity index is 1.63. The predicted octanol–water partition coefficient (Wildman–Crippen LogP) is 4.02. The first-order valence-corrected chi connectivity index (χ1v) is 9.29. The van der Waals surface area contributed by atoms with Gasteiger partial charge in [-0.05, 0) is 36.6 Å². The van der Waals surface area contributed by atoms with Crippen molar-refractivity contribution >= 4 is 33.4 Å². The van der Waals surface area contributed by atoms with Gasteiger partial charge in [0.25, 0.3) is 0 Å². The van der Waals surface area contributed by atoms with Crippen molar-refractivity contribution in [3.8, 4) is 0 Å². The minimum absolute atomic E-state index is 0.0625. The maximum absolute atomic E-state index is 12.2. The normalized spacial score (nSPS) is 15.6. The summed E-state index contributed by atoms with van der Waals surface area (Å²) in [4.78, 5) is 24.4. The van der Waals surface area contributed by atoms with Crippen molar-refractivity contribution in [2.75, 3.05) is 11.9 Å². The molecule has 2 aromatic carbocycles. The average Bonchev–Trinajstić information content (AvgIpc) is 3.10. The van der Waals surface area contributed by atoms with E-state index in [4.69, 9.17) is 0 Å². The van der Waals surface area contributed by atoms with Crippen LogP contribution in [0.2, 0.25) is 0 Å². The number of hydrogen-bond donors (Lipinski definition) is 2. The van der Waals surface area contributed by atoms with Crippen LogP contribution in [0, 0.1) is 0 Å². The van der Waals surface area contributed by atoms with E-state index in [1.807, 2.05) is 24.3 Å². The van der Waals surface area contributed by atoms with Crippen molar-refractivity contribution < 1.29 is 9.59 Å². The lowest BCUT2D eigenvalue weighted by molar-refractivity contribution is -0.136. The van der Waals surface area contributed by atoms with Gasteiger partial charge in [0.05, 0.1) is 0 Å². The molecular formula is C20H21BrN2O2. The summed E-state index contributed by atoms with van der Waals surface area (Å²) in [7, 11) is 0. The fourth-order valence-corrected chi connectivity index (χ4v) is 3.89. The van der Waals surface area contributed by atoms with Crippen LogP contribution in [0.3, 0.4) is 0 Å². The van der Waals surface area contributed by atoms with E-state index in [1.54, 1.807) is 18.2 Å². The summed E-state index contributed by atoms with van der Waals surface area (Å²) in [5, 5.41) is 5.47. The van der Waals surface area contributed by atoms with Gasteiger partial charge in [-0.3, -0.25) is 9.59 Å². The van der Waals surface area contributed by atoms with E-state index in [1.165, 1.54) is 5.56 Å². The predicted molar refractivity (Wildman–Crippen MR) is 102 cm³/mol. The van der Waals surface area contributed by atoms with Crippen molar-refractivity contribution in [1.29, 1.82) is 0 Å². The highest BCUT2D eigenvalue weighted by atomic mass is 79.9. The van der Waals surface area contributed by atoms with Crippen LogP contribution in [0.25, 0.3) is 0 Å². The van der Waals surface area contributed by atoms with Crippen molar-refractivity contribution in [3.05, 3.63) is 64.6 Å². The van der Waals surface area contributed by atoms with Crippen LogP contribution in [-0.2, 0) is 15.0 Å². The van der Waals surface area contributed by atoms with Crippen LogP contribution in [0.15, 0.2) is 59.1 Å². The maximum Gasteiger partial charge on any atom is 0.313 e. The molecule has 0 aromatic heterocycles. The zero-order chi connectivity index (χ0) is 17.7. The van der Waals surface area contributed by atoms with Gasteiger partial charge in [-0.1, -0.05) is 65.2 Å². The lowest BCUT2D eigenvalue weighted by Crippen LogP contribution is -2.43. The van der Waals surface area contributed by atoms with Crippen molar-refractivity contribution in [3.63, 3.8) is 0 Å². The van der Waals surface area contributed by atoms with Gasteiger partial charge in [0.15, 0.2) is 0 Å². The zero-order valence-electron chi connectivity index (χ0n) is 13.9. The van der Waals surface area contributed by atoms with Gasteiger partial charge in [-0.15, -0.1) is 0 Å². The van der Waals surface area contributed by atoms with E-state index in [0.717, 1.165) is 30.2 Å². The minimum atomic E-state index is -0.640. The summed E-state index contributed by atoms with van der Waals surface area (Å²) in [5.74, 6) is -1.23. The Morgan fingerprint density at radius 2 is 1.68 bits per heavy atom. The standard InChI is InChI=1S/C20H21BrN2O2/c21-16-9-6-10-17(13-16)23-19(25)18(24)22-14-20(11-4-5-12-20)15-7-2-1-3-8-15/h1-3,6-10,13H,4-5,11-12,14H2,(H,22,24)(H,23,25). The molecule has 0 unspecified atom stereocenters. The molecule has 1 saturated carbocycles. The molecule has 0 radical (unpaired) electrons. The van der Waals surface area contributed by atoms with Gasteiger partial charge in [-0.25, -0.2) is 0 Å². The molecule has 2 amide bonds. The van der Waals surface area contributed by atoms with Crippen LogP contribution in [0.4, 0.5) is 5.69 Å². The molecule has 2 aromatic rings. The monoisotopic (exact) mass is 400 g/mol. The molecule has 4 nitrogen and oxygen atoms in total. The molecule has 1 aliphatic carbocycles. The third-order valence-electron chi connectivity index (χ3n) is 4.82. The minimum Gasteiger partial charge on any atom is -0.347 e. The number of halogens is 1. The number of carbonyl (C=O) groups excluding carboxylic acids is 2. The molecule has 5 heteroatoms. The number of nitrogens with one attached hydrogen (secondary N) is 2. The lowest BCUT2D eigenvalue weighted by Gasteiger charge is -2.29. The maximum atomic E-state index is 12.2. The Morgan fingerprint density at radius 3 is 2.36 bits per heavy atom. The smallest absolute Gasteiger partial charge is 0.313 e. The molecular weight excluding hydrogens is 380 g/mol. The van der Waals surface area contributed by atoms with Gasteiger partial charge in [0, 0.05) is 22.1 Å². The molecule has 1 aliphatic rings. The summed E-state index contributed by atoms with van der Waals surface area (Å²) in [5.41, 5.74) is 1.76. The molecule has 0 atom stereocenters. The fraction of sp³-hybridized carbons (Fsp3) is 0.300. The van der Waals surface area contributed by atoms with Crippen LogP contribution in [0.5, 0.6) is 0 Å². The third-order valence-corrected chi connectivity index (χ3v) is 5.32.